The maximum Gasteiger partial charge on any atom is 0.407 e. The van der Waals surface area contributed by atoms with Crippen molar-refractivity contribution in [1.29, 1.82) is 0 Å². The van der Waals surface area contributed by atoms with Gasteiger partial charge in [-0.05, 0) is 41.5 Å². The Morgan fingerprint density at radius 2 is 1.71 bits per heavy atom. The smallest absolute Gasteiger partial charge is 0.407 e. The van der Waals surface area contributed by atoms with E-state index in [0.29, 0.717) is 32.0 Å². The van der Waals surface area contributed by atoms with E-state index < -0.39 is 18.1 Å². The van der Waals surface area contributed by atoms with Crippen LogP contribution in [0.25, 0.3) is 11.1 Å². The van der Waals surface area contributed by atoms with Crippen molar-refractivity contribution < 1.29 is 23.9 Å². The van der Waals surface area contributed by atoms with Crippen molar-refractivity contribution >= 4 is 25.7 Å². The fourth-order valence-corrected chi connectivity index (χ4v) is 3.88. The van der Waals surface area contributed by atoms with Crippen LogP contribution in [0.15, 0.2) is 48.5 Å². The zero-order chi connectivity index (χ0) is 22.1. The van der Waals surface area contributed by atoms with Crippen LogP contribution in [0.4, 0.5) is 4.79 Å². The standard InChI is InChI=1S/C23H26BN2O5/c1-30-22(28)21(26-24-15-27)12-6-7-13-25-23(29)31-14-20-18-10-4-2-8-16(18)17-9-3-5-11-19(17)20/h2-5,8-11,15,20-21,26H,6-7,12-14H2,1H3,(H,25,29). The normalized spacial score (nSPS) is 12.9. The molecule has 161 valence electrons. The summed E-state index contributed by atoms with van der Waals surface area (Å²) >= 11 is 0. The van der Waals surface area contributed by atoms with Gasteiger partial charge in [0.05, 0.1) is 19.3 Å². The van der Waals surface area contributed by atoms with Gasteiger partial charge in [-0.25, -0.2) is 4.79 Å². The number of fused-ring (bicyclic) bond motifs is 3. The molecule has 0 aliphatic heterocycles. The van der Waals surface area contributed by atoms with Crippen LogP contribution in [0.2, 0.25) is 0 Å². The highest BCUT2D eigenvalue weighted by atomic mass is 16.5. The Kier molecular flexibility index (Phi) is 8.23. The van der Waals surface area contributed by atoms with Crippen LogP contribution in [-0.4, -0.2) is 52.0 Å². The molecule has 0 aromatic heterocycles. The lowest BCUT2D eigenvalue weighted by molar-refractivity contribution is -0.142. The van der Waals surface area contributed by atoms with Crippen molar-refractivity contribution in [3.05, 3.63) is 59.7 Å². The first-order valence-electron chi connectivity index (χ1n) is 10.4. The molecule has 0 saturated heterocycles. The number of methoxy groups -OCH3 is 1. The van der Waals surface area contributed by atoms with Gasteiger partial charge in [-0.2, -0.15) is 0 Å². The third-order valence-electron chi connectivity index (χ3n) is 5.38. The molecular weight excluding hydrogens is 395 g/mol. The Morgan fingerprint density at radius 1 is 1.06 bits per heavy atom. The second-order valence-electron chi connectivity index (χ2n) is 7.29. The Morgan fingerprint density at radius 3 is 2.32 bits per heavy atom. The van der Waals surface area contributed by atoms with E-state index in [4.69, 9.17) is 9.47 Å². The maximum atomic E-state index is 12.2. The summed E-state index contributed by atoms with van der Waals surface area (Å²) in [5.41, 5.74) is 4.72. The summed E-state index contributed by atoms with van der Waals surface area (Å²) in [6.07, 6.45) is 1.94. The van der Waals surface area contributed by atoms with E-state index >= 15 is 0 Å². The van der Waals surface area contributed by atoms with Crippen molar-refractivity contribution in [1.82, 2.24) is 10.5 Å². The van der Waals surface area contributed by atoms with Crippen LogP contribution in [0.1, 0.15) is 36.3 Å². The number of ether oxygens (including phenoxy) is 2. The van der Waals surface area contributed by atoms with Crippen LogP contribution in [0, 0.1) is 0 Å². The van der Waals surface area contributed by atoms with Crippen molar-refractivity contribution in [2.45, 2.75) is 31.2 Å². The fourth-order valence-electron chi connectivity index (χ4n) is 3.88. The van der Waals surface area contributed by atoms with Gasteiger partial charge in [0, 0.05) is 12.5 Å². The van der Waals surface area contributed by atoms with E-state index in [9.17, 15) is 14.4 Å². The minimum absolute atomic E-state index is 0.0270. The molecule has 2 aromatic carbocycles. The van der Waals surface area contributed by atoms with Gasteiger partial charge in [0.1, 0.15) is 6.61 Å². The summed E-state index contributed by atoms with van der Waals surface area (Å²) < 4.78 is 10.2. The second kappa shape index (κ2) is 11.3. The van der Waals surface area contributed by atoms with Crippen molar-refractivity contribution in [2.24, 2.45) is 0 Å². The SMILES string of the molecule is COC(=O)C(CCCCNC(=O)OCC1c2ccccc2-c2ccccc21)N[B]C=O. The number of alkyl carbamates (subject to hydrolysis) is 1. The quantitative estimate of drug-likeness (QED) is 0.251. The molecule has 0 spiro atoms. The first-order chi connectivity index (χ1) is 15.2. The third kappa shape index (κ3) is 5.73. The van der Waals surface area contributed by atoms with E-state index in [2.05, 4.69) is 34.8 Å². The monoisotopic (exact) mass is 421 g/mol. The third-order valence-corrected chi connectivity index (χ3v) is 5.38. The molecule has 0 saturated carbocycles. The summed E-state index contributed by atoms with van der Waals surface area (Å²) in [6, 6.07) is 15.8. The van der Waals surface area contributed by atoms with Gasteiger partial charge >= 0.3 is 12.1 Å². The highest BCUT2D eigenvalue weighted by Gasteiger charge is 2.28. The van der Waals surface area contributed by atoms with Crippen molar-refractivity contribution in [3.63, 3.8) is 0 Å². The van der Waals surface area contributed by atoms with Gasteiger partial charge in [-0.3, -0.25) is 4.79 Å². The summed E-state index contributed by atoms with van der Waals surface area (Å²) in [5.74, 6) is -0.401. The van der Waals surface area contributed by atoms with Crippen LogP contribution in [0.3, 0.4) is 0 Å². The molecule has 1 aliphatic carbocycles. The number of carbonyl (C=O) groups is 3. The highest BCUT2D eigenvalue weighted by molar-refractivity contribution is 6.64. The average molecular weight is 421 g/mol. The molecule has 0 fully saturated rings. The molecule has 8 heteroatoms. The van der Waals surface area contributed by atoms with E-state index in [1.54, 1.807) is 0 Å². The van der Waals surface area contributed by atoms with Gasteiger partial charge < -0.3 is 24.8 Å². The lowest BCUT2D eigenvalue weighted by atomic mass is 9.95. The predicted molar refractivity (Wildman–Crippen MR) is 118 cm³/mol. The number of esters is 1. The Bertz CT molecular complexity index is 875. The Hall–Kier alpha value is -3.13. The molecule has 1 aliphatic rings. The molecule has 3 rings (SSSR count). The summed E-state index contributed by atoms with van der Waals surface area (Å²) in [4.78, 5) is 34.3. The number of nitrogens with one attached hydrogen (secondary N) is 2. The van der Waals surface area contributed by atoms with Gasteiger partial charge in [-0.15, -0.1) is 0 Å². The summed E-state index contributed by atoms with van der Waals surface area (Å²) in [5, 5.41) is 5.46. The number of unbranched alkanes of at least 4 members (excludes halogenated alkanes) is 1. The molecule has 0 bridgehead atoms. The van der Waals surface area contributed by atoms with Crippen LogP contribution in [0.5, 0.6) is 0 Å². The van der Waals surface area contributed by atoms with E-state index in [-0.39, 0.29) is 12.5 Å². The van der Waals surface area contributed by atoms with E-state index in [1.807, 2.05) is 24.3 Å². The minimum atomic E-state index is -0.579. The second-order valence-corrected chi connectivity index (χ2v) is 7.29. The molecule has 0 heterocycles. The fraction of sp³-hybridized carbons (Fsp3) is 0.348. The lowest BCUT2D eigenvalue weighted by Crippen LogP contribution is -2.40. The predicted octanol–water partition coefficient (Wildman–Crippen LogP) is 2.64. The number of benzene rings is 2. The van der Waals surface area contributed by atoms with E-state index in [1.165, 1.54) is 36.8 Å². The zero-order valence-corrected chi connectivity index (χ0v) is 17.5. The van der Waals surface area contributed by atoms with Crippen LogP contribution >= 0.6 is 0 Å². The average Bonchev–Trinajstić information content (AvgIpc) is 3.12. The minimum Gasteiger partial charge on any atom is -0.468 e. The molecule has 2 N–H and O–H groups in total. The Labute approximate surface area is 182 Å². The first kappa shape index (κ1) is 22.6. The number of hydrogen-bond donors (Lipinski definition) is 2. The summed E-state index contributed by atoms with van der Waals surface area (Å²) in [6.45, 7) is 0.706. The lowest BCUT2D eigenvalue weighted by Gasteiger charge is -2.15. The number of hydrogen-bond acceptors (Lipinski definition) is 6. The molecule has 7 nitrogen and oxygen atoms in total. The maximum absolute atomic E-state index is 12.2. The molecule has 2 aromatic rings. The highest BCUT2D eigenvalue weighted by Crippen LogP contribution is 2.44. The van der Waals surface area contributed by atoms with E-state index in [0.717, 1.165) is 0 Å². The zero-order valence-electron chi connectivity index (χ0n) is 17.5. The van der Waals surface area contributed by atoms with Crippen molar-refractivity contribution in [3.8, 4) is 11.1 Å². The van der Waals surface area contributed by atoms with Crippen LogP contribution < -0.4 is 10.5 Å². The molecular formula is C23H26BN2O5. The first-order valence-corrected chi connectivity index (χ1v) is 10.4. The van der Waals surface area contributed by atoms with Crippen molar-refractivity contribution in [2.75, 3.05) is 20.3 Å². The number of rotatable bonds is 11. The Balaban J connectivity index is 1.42. The van der Waals surface area contributed by atoms with Gasteiger partial charge in [-0.1, -0.05) is 48.5 Å². The molecule has 1 radical (unpaired) electrons. The van der Waals surface area contributed by atoms with Gasteiger partial charge in [0.25, 0.3) is 7.41 Å². The molecule has 31 heavy (non-hydrogen) atoms. The van der Waals surface area contributed by atoms with Gasteiger partial charge in [0.2, 0.25) is 0 Å². The van der Waals surface area contributed by atoms with Gasteiger partial charge in [0.15, 0.2) is 0 Å². The van der Waals surface area contributed by atoms with Crippen LogP contribution in [-0.2, 0) is 19.1 Å². The molecule has 1 amide bonds. The topological polar surface area (TPSA) is 93.7 Å². The molecule has 1 unspecified atom stereocenters. The number of amides is 1. The molecule has 1 atom stereocenters. The number of carbonyl (C=O) groups excluding carboxylic acids is 3. The summed E-state index contributed by atoms with van der Waals surface area (Å²) in [7, 11) is 2.48. The largest absolute Gasteiger partial charge is 0.468 e.